The zero-order valence-corrected chi connectivity index (χ0v) is 44.9. The van der Waals surface area contributed by atoms with Crippen LogP contribution in [0.2, 0.25) is 18.1 Å². The van der Waals surface area contributed by atoms with Gasteiger partial charge in [-0.3, -0.25) is 0 Å². The molecule has 1 N–H and O–H groups in total. The minimum absolute atomic E-state index is 0.00553. The predicted octanol–water partition coefficient (Wildman–Crippen LogP) is 17.2. The molecule has 2 unspecified atom stereocenters. The van der Waals surface area contributed by atoms with E-state index in [2.05, 4.69) is 72.0 Å². The van der Waals surface area contributed by atoms with E-state index in [-0.39, 0.29) is 23.9 Å². The lowest BCUT2D eigenvalue weighted by molar-refractivity contribution is -0.0502. The number of hydrogen-bond acceptors (Lipinski definition) is 6. The van der Waals surface area contributed by atoms with Crippen LogP contribution in [0.4, 0.5) is 0 Å². The maximum Gasteiger partial charge on any atom is 0.192 e. The van der Waals surface area contributed by atoms with Gasteiger partial charge < -0.3 is 28.5 Å². The molecule has 378 valence electrons. The number of benzene rings is 2. The first kappa shape index (κ1) is 61.4. The van der Waals surface area contributed by atoms with Gasteiger partial charge in [-0.2, -0.15) is 0 Å². The summed E-state index contributed by atoms with van der Waals surface area (Å²) in [7, 11) is -1.80. The maximum atomic E-state index is 9.42. The monoisotopic (exact) mass is 927 g/mol. The Morgan fingerprint density at radius 3 is 1.06 bits per heavy atom. The molecule has 0 amide bonds. The second-order valence-corrected chi connectivity index (χ2v) is 25.2. The highest BCUT2D eigenvalue weighted by atomic mass is 28.4. The van der Waals surface area contributed by atoms with Crippen molar-refractivity contribution in [1.82, 2.24) is 0 Å². The Bertz CT molecular complexity index is 1240. The molecule has 0 bridgehead atoms. The molecule has 0 saturated carbocycles. The zero-order chi connectivity index (χ0) is 47.4. The molecule has 0 aliphatic heterocycles. The summed E-state index contributed by atoms with van der Waals surface area (Å²) >= 11 is 0. The molecule has 7 heteroatoms. The first-order chi connectivity index (χ1) is 31.6. The summed E-state index contributed by atoms with van der Waals surface area (Å²) in [6, 6.07) is 20.4. The summed E-state index contributed by atoms with van der Waals surface area (Å²) in [5.74, 6) is 0. The predicted molar refractivity (Wildman–Crippen MR) is 283 cm³/mol. The van der Waals surface area contributed by atoms with E-state index in [4.69, 9.17) is 23.4 Å². The van der Waals surface area contributed by atoms with E-state index in [0.29, 0.717) is 33.0 Å². The fourth-order valence-corrected chi connectivity index (χ4v) is 8.65. The van der Waals surface area contributed by atoms with Crippen molar-refractivity contribution in [3.63, 3.8) is 0 Å². The molecule has 2 aromatic rings. The molecular weight excluding hydrogens is 821 g/mol. The van der Waals surface area contributed by atoms with Crippen molar-refractivity contribution in [1.29, 1.82) is 0 Å². The van der Waals surface area contributed by atoms with E-state index in [0.717, 1.165) is 31.6 Å². The number of ether oxygens (including phenoxy) is 4. The Morgan fingerprint density at radius 2 is 0.738 bits per heavy atom. The molecule has 0 saturated heterocycles. The third kappa shape index (κ3) is 38.0. The van der Waals surface area contributed by atoms with Gasteiger partial charge in [0.25, 0.3) is 0 Å². The molecule has 0 fully saturated rings. The lowest BCUT2D eigenvalue weighted by Gasteiger charge is -2.37. The van der Waals surface area contributed by atoms with E-state index in [1.165, 1.54) is 173 Å². The Hall–Kier alpha value is -1.58. The van der Waals surface area contributed by atoms with Gasteiger partial charge in [0.15, 0.2) is 8.32 Å². The van der Waals surface area contributed by atoms with Crippen LogP contribution in [-0.4, -0.2) is 65.3 Å². The average molecular weight is 928 g/mol. The standard InChI is InChI=1S/C32H60O3Si.C26H46O3/c1-7-8-9-10-11-12-13-14-15-16-17-18-19-23-26-33-28-31(29-35-36(5,6)32(2,3)4)34-27-30-24-21-20-22-25-30;1-2-3-4-5-6-7-8-9-10-11-12-13-14-18-21-28-24-26(22-27)29-23-25-19-16-15-17-20-25/h20-22,24-25,31H,7-19,23,26-29H2,1-6H3;15-17,19-20,26-27H,2-14,18,21-24H2,1H3. The van der Waals surface area contributed by atoms with Crippen LogP contribution in [0.15, 0.2) is 60.7 Å². The van der Waals surface area contributed by atoms with Gasteiger partial charge in [-0.1, -0.05) is 262 Å². The summed E-state index contributed by atoms with van der Waals surface area (Å²) in [6.07, 6.45) is 38.2. The van der Waals surface area contributed by atoms with Crippen molar-refractivity contribution in [3.8, 4) is 0 Å². The molecule has 0 aromatic heterocycles. The molecule has 0 spiro atoms. The second-order valence-electron chi connectivity index (χ2n) is 20.4. The number of aliphatic hydroxyl groups is 1. The summed E-state index contributed by atoms with van der Waals surface area (Å²) in [5.41, 5.74) is 2.32. The Labute approximate surface area is 404 Å². The quantitative estimate of drug-likeness (QED) is 0.0528. The highest BCUT2D eigenvalue weighted by molar-refractivity contribution is 6.74. The summed E-state index contributed by atoms with van der Waals surface area (Å²) in [5, 5.41) is 9.63. The molecular formula is C58H106O6Si. The van der Waals surface area contributed by atoms with Gasteiger partial charge in [0.05, 0.1) is 39.6 Å². The molecule has 6 nitrogen and oxygen atoms in total. The maximum absolute atomic E-state index is 9.42. The van der Waals surface area contributed by atoms with Crippen molar-refractivity contribution in [2.45, 2.75) is 258 Å². The van der Waals surface area contributed by atoms with Crippen molar-refractivity contribution >= 4 is 8.32 Å². The highest BCUT2D eigenvalue weighted by Crippen LogP contribution is 2.36. The summed E-state index contributed by atoms with van der Waals surface area (Å²) < 4.78 is 30.2. The van der Waals surface area contributed by atoms with Crippen LogP contribution in [0, 0.1) is 0 Å². The van der Waals surface area contributed by atoms with Crippen LogP contribution in [0.3, 0.4) is 0 Å². The number of aliphatic hydroxyl groups excluding tert-OH is 1. The fourth-order valence-electron chi connectivity index (χ4n) is 7.62. The lowest BCUT2D eigenvalue weighted by atomic mass is 10.0. The van der Waals surface area contributed by atoms with Gasteiger partial charge in [-0.15, -0.1) is 0 Å². The summed E-state index contributed by atoms with van der Waals surface area (Å²) in [6.45, 7) is 20.4. The van der Waals surface area contributed by atoms with Gasteiger partial charge >= 0.3 is 0 Å². The van der Waals surface area contributed by atoms with Crippen LogP contribution in [-0.2, 0) is 36.6 Å². The van der Waals surface area contributed by atoms with Crippen molar-refractivity contribution in [3.05, 3.63) is 71.8 Å². The first-order valence-electron chi connectivity index (χ1n) is 27.3. The molecule has 0 heterocycles. The zero-order valence-electron chi connectivity index (χ0n) is 43.9. The smallest absolute Gasteiger partial charge is 0.192 e. The molecule has 2 rings (SSSR count). The molecule has 0 aliphatic rings. The lowest BCUT2D eigenvalue weighted by Crippen LogP contribution is -2.43. The van der Waals surface area contributed by atoms with Crippen LogP contribution in [0.5, 0.6) is 0 Å². The topological polar surface area (TPSA) is 66.4 Å². The van der Waals surface area contributed by atoms with Crippen molar-refractivity contribution in [2.75, 3.05) is 39.6 Å². The molecule has 2 atom stereocenters. The van der Waals surface area contributed by atoms with Crippen LogP contribution >= 0.6 is 0 Å². The normalized spacial score (nSPS) is 12.9. The average Bonchev–Trinajstić information content (AvgIpc) is 3.30. The first-order valence-corrected chi connectivity index (χ1v) is 30.2. The van der Waals surface area contributed by atoms with Gasteiger partial charge in [-0.05, 0) is 42.1 Å². The highest BCUT2D eigenvalue weighted by Gasteiger charge is 2.37. The molecule has 0 radical (unpaired) electrons. The van der Waals surface area contributed by atoms with Gasteiger partial charge in [0.1, 0.15) is 12.2 Å². The number of rotatable bonds is 44. The number of hydrogen-bond donors (Lipinski definition) is 1. The fraction of sp³-hybridized carbons (Fsp3) is 0.793. The minimum atomic E-state index is -1.80. The second kappa shape index (κ2) is 43.7. The van der Waals surface area contributed by atoms with Crippen molar-refractivity contribution < 1.29 is 28.5 Å². The van der Waals surface area contributed by atoms with E-state index in [9.17, 15) is 5.11 Å². The van der Waals surface area contributed by atoms with Crippen LogP contribution in [0.1, 0.15) is 226 Å². The van der Waals surface area contributed by atoms with E-state index in [1.54, 1.807) is 0 Å². The Morgan fingerprint density at radius 1 is 0.431 bits per heavy atom. The van der Waals surface area contributed by atoms with Gasteiger partial charge in [0, 0.05) is 13.2 Å². The molecule has 65 heavy (non-hydrogen) atoms. The third-order valence-electron chi connectivity index (χ3n) is 13.2. The molecule has 2 aromatic carbocycles. The van der Waals surface area contributed by atoms with Gasteiger partial charge in [0.2, 0.25) is 0 Å². The van der Waals surface area contributed by atoms with E-state index < -0.39 is 8.32 Å². The third-order valence-corrected chi connectivity index (χ3v) is 17.7. The Balaban J connectivity index is 0.000000665. The van der Waals surface area contributed by atoms with E-state index >= 15 is 0 Å². The SMILES string of the molecule is CCCCCCCCCCCCCCCCOCC(CO)OCc1ccccc1.CCCCCCCCCCCCCCCCOCC(CO[Si](C)(C)C(C)(C)C)OCc1ccccc1. The Kier molecular flexibility index (Phi) is 41.3. The van der Waals surface area contributed by atoms with Crippen LogP contribution < -0.4 is 0 Å². The minimum Gasteiger partial charge on any atom is -0.414 e. The number of unbranched alkanes of at least 4 members (excludes halogenated alkanes) is 26. The molecule has 0 aliphatic carbocycles. The van der Waals surface area contributed by atoms with Crippen LogP contribution in [0.25, 0.3) is 0 Å². The summed E-state index contributed by atoms with van der Waals surface area (Å²) in [4.78, 5) is 0. The van der Waals surface area contributed by atoms with Gasteiger partial charge in [-0.25, -0.2) is 0 Å². The van der Waals surface area contributed by atoms with Crippen molar-refractivity contribution in [2.24, 2.45) is 0 Å². The largest absolute Gasteiger partial charge is 0.414 e. The van der Waals surface area contributed by atoms with E-state index in [1.807, 2.05) is 36.4 Å².